The Labute approximate surface area is 225 Å². The van der Waals surface area contributed by atoms with Crippen LogP contribution in [0.2, 0.25) is 0 Å². The van der Waals surface area contributed by atoms with Crippen LogP contribution in [-0.2, 0) is 11.3 Å². The van der Waals surface area contributed by atoms with Crippen LogP contribution in [0.15, 0.2) is 91.0 Å². The van der Waals surface area contributed by atoms with Gasteiger partial charge in [-0.2, -0.15) is 0 Å². The molecule has 2 N–H and O–H groups in total. The van der Waals surface area contributed by atoms with Crippen molar-refractivity contribution in [2.24, 2.45) is 0 Å². The summed E-state index contributed by atoms with van der Waals surface area (Å²) in [6, 6.07) is 29.8. The Hall–Kier alpha value is -4.84. The molecule has 0 aliphatic carbocycles. The molecule has 6 heteroatoms. The number of aryl methyl sites for hydroxylation is 2. The predicted molar refractivity (Wildman–Crippen MR) is 156 cm³/mol. The van der Waals surface area contributed by atoms with E-state index in [4.69, 9.17) is 0 Å². The van der Waals surface area contributed by atoms with Crippen LogP contribution in [0.25, 0.3) is 32.7 Å². The van der Waals surface area contributed by atoms with Crippen LogP contribution < -0.4 is 5.32 Å². The first-order valence-corrected chi connectivity index (χ1v) is 13.3. The standard InChI is InChI=1S/C33H28N4O2/c1-3-36-28-15-9-7-10-22(28)26-18-21(16-17-29(26)36)35-30(38)19-37-32(23-11-4-5-12-24(23)33(37)39)31-20(2)34-27-14-8-6-13-25(27)31/h4-18,32,34H,3,19H2,1-2H3,(H,35,38)/t32-/m1/s1. The van der Waals surface area contributed by atoms with Gasteiger partial charge in [0.15, 0.2) is 0 Å². The number of carbonyl (C=O) groups is 2. The zero-order valence-corrected chi connectivity index (χ0v) is 21.9. The Bertz CT molecular complexity index is 1930. The number of amides is 2. The number of benzene rings is 4. The summed E-state index contributed by atoms with van der Waals surface area (Å²) >= 11 is 0. The van der Waals surface area contributed by atoms with Gasteiger partial charge in [-0.15, -0.1) is 0 Å². The molecule has 7 rings (SSSR count). The van der Waals surface area contributed by atoms with Crippen molar-refractivity contribution in [3.63, 3.8) is 0 Å². The van der Waals surface area contributed by atoms with Crippen molar-refractivity contribution in [2.75, 3.05) is 11.9 Å². The SMILES string of the molecule is CCn1c2ccccc2c2cc(NC(=O)CN3C(=O)c4ccccc4[C@@H]3c3c(C)[nH]c4ccccc34)ccc21. The molecule has 2 amide bonds. The molecule has 1 atom stereocenters. The van der Waals surface area contributed by atoms with E-state index < -0.39 is 0 Å². The summed E-state index contributed by atoms with van der Waals surface area (Å²) in [6.07, 6.45) is 0. The molecule has 0 unspecified atom stereocenters. The van der Waals surface area contributed by atoms with Gasteiger partial charge in [-0.25, -0.2) is 0 Å². The highest BCUT2D eigenvalue weighted by Gasteiger charge is 2.40. The fourth-order valence-corrected chi connectivity index (χ4v) is 6.32. The Morgan fingerprint density at radius 2 is 1.59 bits per heavy atom. The largest absolute Gasteiger partial charge is 0.358 e. The summed E-state index contributed by atoms with van der Waals surface area (Å²) in [5.74, 6) is -0.353. The van der Waals surface area contributed by atoms with Crippen molar-refractivity contribution < 1.29 is 9.59 Å². The monoisotopic (exact) mass is 512 g/mol. The lowest BCUT2D eigenvalue weighted by Gasteiger charge is -2.25. The Balaban J connectivity index is 1.24. The summed E-state index contributed by atoms with van der Waals surface area (Å²) in [7, 11) is 0. The highest BCUT2D eigenvalue weighted by atomic mass is 16.2. The fourth-order valence-electron chi connectivity index (χ4n) is 6.32. The number of aromatic nitrogens is 2. The molecule has 6 aromatic rings. The van der Waals surface area contributed by atoms with Crippen molar-refractivity contribution in [3.8, 4) is 0 Å². The lowest BCUT2D eigenvalue weighted by atomic mass is 9.95. The number of para-hydroxylation sites is 2. The lowest BCUT2D eigenvalue weighted by Crippen LogP contribution is -2.36. The first kappa shape index (κ1) is 23.3. The molecule has 2 aromatic heterocycles. The minimum absolute atomic E-state index is 0.0497. The number of fused-ring (bicyclic) bond motifs is 5. The van der Waals surface area contributed by atoms with E-state index in [1.165, 1.54) is 5.52 Å². The van der Waals surface area contributed by atoms with Crippen LogP contribution in [0, 0.1) is 6.92 Å². The van der Waals surface area contributed by atoms with Gasteiger partial charge in [0.1, 0.15) is 6.54 Å². The maximum absolute atomic E-state index is 13.6. The average Bonchev–Trinajstić information content (AvgIpc) is 3.55. The highest BCUT2D eigenvalue weighted by Crippen LogP contribution is 2.42. The molecule has 6 nitrogen and oxygen atoms in total. The smallest absolute Gasteiger partial charge is 0.255 e. The second kappa shape index (κ2) is 8.88. The normalized spacial score (nSPS) is 15.0. The maximum Gasteiger partial charge on any atom is 0.255 e. The summed E-state index contributed by atoms with van der Waals surface area (Å²) in [4.78, 5) is 32.3. The molecular weight excluding hydrogens is 484 g/mol. The first-order valence-electron chi connectivity index (χ1n) is 13.3. The third-order valence-corrected chi connectivity index (χ3v) is 7.96. The number of rotatable bonds is 5. The van der Waals surface area contributed by atoms with E-state index >= 15 is 0 Å². The summed E-state index contributed by atoms with van der Waals surface area (Å²) in [5.41, 5.74) is 7.65. The molecule has 0 saturated carbocycles. The summed E-state index contributed by atoms with van der Waals surface area (Å²) < 4.78 is 2.28. The van der Waals surface area contributed by atoms with Gasteiger partial charge >= 0.3 is 0 Å². The molecule has 0 fully saturated rings. The number of nitrogens with one attached hydrogen (secondary N) is 2. The molecule has 0 saturated heterocycles. The minimum Gasteiger partial charge on any atom is -0.358 e. The third kappa shape index (κ3) is 3.56. The molecule has 39 heavy (non-hydrogen) atoms. The Morgan fingerprint density at radius 3 is 2.44 bits per heavy atom. The van der Waals surface area contributed by atoms with Gasteiger partial charge in [-0.05, 0) is 55.8 Å². The Kier molecular flexibility index (Phi) is 5.30. The molecule has 3 heterocycles. The highest BCUT2D eigenvalue weighted by molar-refractivity contribution is 6.10. The minimum atomic E-state index is -0.347. The average molecular weight is 513 g/mol. The third-order valence-electron chi connectivity index (χ3n) is 7.96. The van der Waals surface area contributed by atoms with Crippen molar-refractivity contribution in [2.45, 2.75) is 26.4 Å². The number of hydrogen-bond acceptors (Lipinski definition) is 2. The van der Waals surface area contributed by atoms with Crippen LogP contribution >= 0.6 is 0 Å². The van der Waals surface area contributed by atoms with E-state index in [0.29, 0.717) is 5.56 Å². The topological polar surface area (TPSA) is 70.1 Å². The Morgan fingerprint density at radius 1 is 0.872 bits per heavy atom. The fraction of sp³-hybridized carbons (Fsp3) is 0.152. The van der Waals surface area contributed by atoms with Gasteiger partial charge in [-0.1, -0.05) is 54.6 Å². The molecule has 0 radical (unpaired) electrons. The molecular formula is C33H28N4O2. The zero-order chi connectivity index (χ0) is 26.7. The maximum atomic E-state index is 13.6. The molecule has 0 spiro atoms. The first-order chi connectivity index (χ1) is 19.0. The van der Waals surface area contributed by atoms with E-state index in [-0.39, 0.29) is 24.4 Å². The van der Waals surface area contributed by atoms with Crippen LogP contribution in [0.5, 0.6) is 0 Å². The number of nitrogens with zero attached hydrogens (tertiary/aromatic N) is 2. The van der Waals surface area contributed by atoms with Gasteiger partial charge in [0.05, 0.1) is 6.04 Å². The quantitative estimate of drug-likeness (QED) is 0.267. The van der Waals surface area contributed by atoms with Gasteiger partial charge in [-0.3, -0.25) is 9.59 Å². The number of hydrogen-bond donors (Lipinski definition) is 2. The van der Waals surface area contributed by atoms with Crippen molar-refractivity contribution in [1.82, 2.24) is 14.5 Å². The van der Waals surface area contributed by atoms with E-state index in [0.717, 1.165) is 56.2 Å². The lowest BCUT2D eigenvalue weighted by molar-refractivity contribution is -0.117. The van der Waals surface area contributed by atoms with Crippen LogP contribution in [0.3, 0.4) is 0 Å². The molecule has 1 aliphatic rings. The second-order valence-electron chi connectivity index (χ2n) is 10.2. The van der Waals surface area contributed by atoms with E-state index in [2.05, 4.69) is 46.1 Å². The van der Waals surface area contributed by atoms with Gasteiger partial charge < -0.3 is 19.8 Å². The number of anilines is 1. The zero-order valence-electron chi connectivity index (χ0n) is 21.9. The van der Waals surface area contributed by atoms with Crippen molar-refractivity contribution in [1.29, 1.82) is 0 Å². The van der Waals surface area contributed by atoms with Crippen molar-refractivity contribution >= 4 is 50.2 Å². The van der Waals surface area contributed by atoms with E-state index in [1.807, 2.05) is 73.7 Å². The van der Waals surface area contributed by atoms with Gasteiger partial charge in [0, 0.05) is 61.8 Å². The predicted octanol–water partition coefficient (Wildman–Crippen LogP) is 6.79. The van der Waals surface area contributed by atoms with Gasteiger partial charge in [0.2, 0.25) is 5.91 Å². The van der Waals surface area contributed by atoms with E-state index in [9.17, 15) is 9.59 Å². The van der Waals surface area contributed by atoms with Crippen LogP contribution in [0.4, 0.5) is 5.69 Å². The molecule has 1 aliphatic heterocycles. The molecule has 4 aromatic carbocycles. The number of H-pyrrole nitrogens is 1. The van der Waals surface area contributed by atoms with Gasteiger partial charge in [0.25, 0.3) is 5.91 Å². The van der Waals surface area contributed by atoms with Crippen LogP contribution in [0.1, 0.15) is 40.1 Å². The van der Waals surface area contributed by atoms with Crippen LogP contribution in [-0.4, -0.2) is 32.8 Å². The summed E-state index contributed by atoms with van der Waals surface area (Å²) in [5, 5.41) is 6.39. The number of aromatic amines is 1. The van der Waals surface area contributed by atoms with E-state index in [1.54, 1.807) is 4.90 Å². The summed E-state index contributed by atoms with van der Waals surface area (Å²) in [6.45, 7) is 4.98. The second-order valence-corrected chi connectivity index (χ2v) is 10.2. The number of carbonyl (C=O) groups excluding carboxylic acids is 2. The van der Waals surface area contributed by atoms with Crippen molar-refractivity contribution in [3.05, 3.63) is 113 Å². The molecule has 192 valence electrons. The molecule has 0 bridgehead atoms.